The van der Waals surface area contributed by atoms with Crippen LogP contribution in [0.2, 0.25) is 0 Å². The molecule has 2 rings (SSSR count). The number of carbonyl (C=O) groups excluding carboxylic acids is 1. The number of aliphatic hydroxyl groups excluding tert-OH is 1. The van der Waals surface area contributed by atoms with Gasteiger partial charge in [-0.2, -0.15) is 0 Å². The van der Waals surface area contributed by atoms with Crippen LogP contribution in [0.3, 0.4) is 0 Å². The summed E-state index contributed by atoms with van der Waals surface area (Å²) in [6.07, 6.45) is -0.541. The molecule has 0 fully saturated rings. The highest BCUT2D eigenvalue weighted by Crippen LogP contribution is 2.34. The summed E-state index contributed by atoms with van der Waals surface area (Å²) in [6.45, 7) is 4.32. The van der Waals surface area contributed by atoms with Crippen molar-refractivity contribution in [1.82, 2.24) is 0 Å². The lowest BCUT2D eigenvalue weighted by atomic mass is 10.1. The highest BCUT2D eigenvalue weighted by atomic mass is 16.5. The molecule has 0 radical (unpaired) electrons. The first-order valence-corrected chi connectivity index (χ1v) is 5.38. The molecule has 1 unspecified atom stereocenters. The summed E-state index contributed by atoms with van der Waals surface area (Å²) < 4.78 is 5.33. The van der Waals surface area contributed by atoms with Gasteiger partial charge in [0.05, 0.1) is 11.8 Å². The summed E-state index contributed by atoms with van der Waals surface area (Å²) in [6, 6.07) is 5.42. The van der Waals surface area contributed by atoms with Crippen LogP contribution in [0.15, 0.2) is 18.2 Å². The summed E-state index contributed by atoms with van der Waals surface area (Å²) in [4.78, 5) is 13.3. The Morgan fingerprint density at radius 3 is 2.94 bits per heavy atom. The highest BCUT2D eigenvalue weighted by Gasteiger charge is 2.24. The predicted octanol–water partition coefficient (Wildman–Crippen LogP) is 1.49. The lowest BCUT2D eigenvalue weighted by Gasteiger charge is -2.29. The first kappa shape index (κ1) is 11.0. The Hall–Kier alpha value is -1.55. The maximum atomic E-state index is 11.6. The van der Waals surface area contributed by atoms with E-state index in [0.717, 1.165) is 11.3 Å². The third kappa shape index (κ3) is 1.76. The number of fused-ring (bicyclic) bond motifs is 1. The van der Waals surface area contributed by atoms with Crippen molar-refractivity contribution in [2.75, 3.05) is 18.1 Å². The maximum absolute atomic E-state index is 11.6. The standard InChI is InChI=1S/C12H15NO3/c1-3-13-10-6-9(8(2)14)4-5-11(10)16-7-12(13)15/h4-6,8,14H,3,7H2,1-2H3. The van der Waals surface area contributed by atoms with Crippen LogP contribution < -0.4 is 9.64 Å². The minimum absolute atomic E-state index is 0.0438. The molecule has 1 aliphatic heterocycles. The number of anilines is 1. The van der Waals surface area contributed by atoms with Gasteiger partial charge in [-0.1, -0.05) is 6.07 Å². The van der Waals surface area contributed by atoms with Crippen molar-refractivity contribution >= 4 is 11.6 Å². The molecule has 1 atom stereocenters. The molecule has 1 amide bonds. The van der Waals surface area contributed by atoms with Crippen molar-refractivity contribution in [2.45, 2.75) is 20.0 Å². The molecule has 1 heterocycles. The lowest BCUT2D eigenvalue weighted by Crippen LogP contribution is -2.38. The zero-order valence-electron chi connectivity index (χ0n) is 9.43. The van der Waals surface area contributed by atoms with Crippen LogP contribution in [0.25, 0.3) is 0 Å². The van der Waals surface area contributed by atoms with Gasteiger partial charge in [0.15, 0.2) is 6.61 Å². The Kier molecular flexibility index (Phi) is 2.83. The van der Waals surface area contributed by atoms with Gasteiger partial charge in [-0.3, -0.25) is 4.79 Å². The summed E-state index contributed by atoms with van der Waals surface area (Å²) >= 11 is 0. The molecule has 4 heteroatoms. The van der Waals surface area contributed by atoms with Crippen LogP contribution in [-0.4, -0.2) is 24.2 Å². The molecule has 1 aromatic carbocycles. The molecule has 0 saturated heterocycles. The zero-order chi connectivity index (χ0) is 11.7. The molecule has 1 aliphatic rings. The second-order valence-electron chi connectivity index (χ2n) is 3.83. The van der Waals surface area contributed by atoms with Crippen LogP contribution in [0.1, 0.15) is 25.5 Å². The van der Waals surface area contributed by atoms with E-state index in [-0.39, 0.29) is 12.5 Å². The number of carbonyl (C=O) groups is 1. The number of benzene rings is 1. The van der Waals surface area contributed by atoms with E-state index in [1.165, 1.54) is 0 Å². The Morgan fingerprint density at radius 2 is 2.31 bits per heavy atom. The Balaban J connectivity index is 2.45. The number of nitrogens with zero attached hydrogens (tertiary/aromatic N) is 1. The third-order valence-electron chi connectivity index (χ3n) is 2.72. The van der Waals surface area contributed by atoms with Crippen molar-refractivity contribution in [3.05, 3.63) is 23.8 Å². The zero-order valence-corrected chi connectivity index (χ0v) is 9.43. The van der Waals surface area contributed by atoms with Crippen molar-refractivity contribution < 1.29 is 14.6 Å². The molecule has 0 spiro atoms. The van der Waals surface area contributed by atoms with E-state index < -0.39 is 6.10 Å². The van der Waals surface area contributed by atoms with Crippen molar-refractivity contribution in [2.24, 2.45) is 0 Å². The first-order valence-electron chi connectivity index (χ1n) is 5.38. The Bertz CT molecular complexity index is 415. The van der Waals surface area contributed by atoms with Gasteiger partial charge in [-0.15, -0.1) is 0 Å². The van der Waals surface area contributed by atoms with E-state index >= 15 is 0 Å². The monoisotopic (exact) mass is 221 g/mol. The van der Waals surface area contributed by atoms with Gasteiger partial charge in [0.25, 0.3) is 5.91 Å². The fourth-order valence-electron chi connectivity index (χ4n) is 1.83. The van der Waals surface area contributed by atoms with Crippen LogP contribution in [0, 0.1) is 0 Å². The molecular weight excluding hydrogens is 206 g/mol. The summed E-state index contributed by atoms with van der Waals surface area (Å²) in [5.74, 6) is 0.656. The minimum atomic E-state index is -0.541. The largest absolute Gasteiger partial charge is 0.482 e. The van der Waals surface area contributed by atoms with Crippen LogP contribution >= 0.6 is 0 Å². The Labute approximate surface area is 94.4 Å². The van der Waals surface area contributed by atoms with Crippen molar-refractivity contribution in [3.8, 4) is 5.75 Å². The van der Waals surface area contributed by atoms with Crippen LogP contribution in [-0.2, 0) is 4.79 Å². The van der Waals surface area contributed by atoms with Gasteiger partial charge >= 0.3 is 0 Å². The molecule has 0 saturated carbocycles. The summed E-state index contributed by atoms with van der Waals surface area (Å²) in [7, 11) is 0. The molecule has 86 valence electrons. The van der Waals surface area contributed by atoms with Gasteiger partial charge < -0.3 is 14.7 Å². The predicted molar refractivity (Wildman–Crippen MR) is 60.6 cm³/mol. The Morgan fingerprint density at radius 1 is 1.56 bits per heavy atom. The average Bonchev–Trinajstić information content (AvgIpc) is 2.28. The fraction of sp³-hybridized carbons (Fsp3) is 0.417. The van der Waals surface area contributed by atoms with Gasteiger partial charge in [0.1, 0.15) is 5.75 Å². The number of ether oxygens (including phenoxy) is 1. The van der Waals surface area contributed by atoms with Gasteiger partial charge in [0.2, 0.25) is 0 Å². The molecular formula is C12H15NO3. The number of aliphatic hydroxyl groups is 1. The molecule has 1 N–H and O–H groups in total. The van der Waals surface area contributed by atoms with Crippen LogP contribution in [0.4, 0.5) is 5.69 Å². The van der Waals surface area contributed by atoms with E-state index in [9.17, 15) is 9.90 Å². The molecule has 1 aromatic rings. The second kappa shape index (κ2) is 4.14. The second-order valence-corrected chi connectivity index (χ2v) is 3.83. The number of rotatable bonds is 2. The summed E-state index contributed by atoms with van der Waals surface area (Å²) in [5, 5.41) is 9.51. The smallest absolute Gasteiger partial charge is 0.265 e. The van der Waals surface area contributed by atoms with Gasteiger partial charge in [0, 0.05) is 6.54 Å². The van der Waals surface area contributed by atoms with E-state index in [1.807, 2.05) is 13.0 Å². The van der Waals surface area contributed by atoms with E-state index in [2.05, 4.69) is 0 Å². The molecule has 0 aromatic heterocycles. The maximum Gasteiger partial charge on any atom is 0.265 e. The van der Waals surface area contributed by atoms with E-state index in [1.54, 1.807) is 24.0 Å². The average molecular weight is 221 g/mol. The number of hydrogen-bond donors (Lipinski definition) is 1. The van der Waals surface area contributed by atoms with Gasteiger partial charge in [-0.05, 0) is 31.5 Å². The number of likely N-dealkylation sites (N-methyl/N-ethyl adjacent to an activating group) is 1. The lowest BCUT2D eigenvalue weighted by molar-refractivity contribution is -0.121. The van der Waals surface area contributed by atoms with Gasteiger partial charge in [-0.25, -0.2) is 0 Å². The number of amides is 1. The van der Waals surface area contributed by atoms with E-state index in [4.69, 9.17) is 4.74 Å². The van der Waals surface area contributed by atoms with Crippen molar-refractivity contribution in [3.63, 3.8) is 0 Å². The van der Waals surface area contributed by atoms with Crippen LogP contribution in [0.5, 0.6) is 5.75 Å². The third-order valence-corrected chi connectivity index (χ3v) is 2.72. The number of hydrogen-bond acceptors (Lipinski definition) is 3. The minimum Gasteiger partial charge on any atom is -0.482 e. The molecule has 4 nitrogen and oxygen atoms in total. The van der Waals surface area contributed by atoms with E-state index in [0.29, 0.717) is 12.3 Å². The first-order chi connectivity index (χ1) is 7.63. The topological polar surface area (TPSA) is 49.8 Å². The highest BCUT2D eigenvalue weighted by molar-refractivity contribution is 5.97. The normalized spacial score (nSPS) is 16.7. The SMILES string of the molecule is CCN1C(=O)COc2ccc(C(C)O)cc21. The van der Waals surface area contributed by atoms with Crippen molar-refractivity contribution in [1.29, 1.82) is 0 Å². The fourth-order valence-corrected chi connectivity index (χ4v) is 1.83. The molecule has 0 aliphatic carbocycles. The quantitative estimate of drug-likeness (QED) is 0.823. The molecule has 16 heavy (non-hydrogen) atoms. The molecule has 0 bridgehead atoms. The summed E-state index contributed by atoms with van der Waals surface area (Å²) in [5.41, 5.74) is 1.53.